The lowest BCUT2D eigenvalue weighted by Gasteiger charge is -2.05. The third-order valence-corrected chi connectivity index (χ3v) is 3.55. The van der Waals surface area contributed by atoms with Gasteiger partial charge in [0.05, 0.1) is 11.9 Å². The lowest BCUT2D eigenvalue weighted by Crippen LogP contribution is -2.26. The number of hydrogen-bond acceptors (Lipinski definition) is 4. The molecule has 0 saturated carbocycles. The van der Waals surface area contributed by atoms with Crippen molar-refractivity contribution in [1.29, 1.82) is 0 Å². The van der Waals surface area contributed by atoms with Crippen LogP contribution in [0.25, 0.3) is 0 Å². The number of nitrogens with one attached hydrogen (secondary N) is 3. The minimum absolute atomic E-state index is 0.173. The Hall–Kier alpha value is -0.920. The van der Waals surface area contributed by atoms with Crippen LogP contribution < -0.4 is 10.0 Å². The largest absolute Gasteiger partial charge is 0.320 e. The second-order valence-corrected chi connectivity index (χ2v) is 5.48. The summed E-state index contributed by atoms with van der Waals surface area (Å²) in [6.07, 6.45) is 4.80. The molecule has 0 aromatic carbocycles. The van der Waals surface area contributed by atoms with E-state index in [1.54, 1.807) is 12.4 Å². The summed E-state index contributed by atoms with van der Waals surface area (Å²) >= 11 is 0. The topological polar surface area (TPSA) is 86.9 Å². The first kappa shape index (κ1) is 13.1. The average molecular weight is 246 g/mol. The van der Waals surface area contributed by atoms with Crippen LogP contribution in [0.4, 0.5) is 0 Å². The molecule has 0 aliphatic carbocycles. The molecule has 1 aromatic heterocycles. The van der Waals surface area contributed by atoms with Crippen molar-refractivity contribution < 1.29 is 8.42 Å². The molecule has 3 N–H and O–H groups in total. The third-order valence-electron chi connectivity index (χ3n) is 2.14. The van der Waals surface area contributed by atoms with Gasteiger partial charge in [-0.3, -0.25) is 5.10 Å². The van der Waals surface area contributed by atoms with Gasteiger partial charge in [-0.05, 0) is 26.4 Å². The predicted molar refractivity (Wildman–Crippen MR) is 62.4 cm³/mol. The minimum atomic E-state index is -3.16. The molecule has 0 amide bonds. The molecule has 1 aromatic rings. The number of aromatic nitrogens is 2. The van der Waals surface area contributed by atoms with E-state index in [0.717, 1.165) is 18.5 Å². The maximum absolute atomic E-state index is 11.5. The Morgan fingerprint density at radius 2 is 2.25 bits per heavy atom. The highest BCUT2D eigenvalue weighted by Gasteiger charge is 2.09. The summed E-state index contributed by atoms with van der Waals surface area (Å²) in [6, 6.07) is 0. The lowest BCUT2D eigenvalue weighted by molar-refractivity contribution is 0.575. The van der Waals surface area contributed by atoms with Crippen molar-refractivity contribution in [2.45, 2.75) is 19.4 Å². The van der Waals surface area contributed by atoms with E-state index in [-0.39, 0.29) is 5.75 Å². The summed E-state index contributed by atoms with van der Waals surface area (Å²) in [7, 11) is -1.30. The molecular formula is C9H18N4O2S. The lowest BCUT2D eigenvalue weighted by atomic mass is 10.3. The van der Waals surface area contributed by atoms with Crippen molar-refractivity contribution >= 4 is 10.0 Å². The van der Waals surface area contributed by atoms with Crippen LogP contribution in [0, 0.1) is 0 Å². The van der Waals surface area contributed by atoms with E-state index in [1.165, 1.54) is 0 Å². The highest BCUT2D eigenvalue weighted by atomic mass is 32.2. The molecule has 0 bridgehead atoms. The van der Waals surface area contributed by atoms with Gasteiger partial charge in [-0.25, -0.2) is 13.1 Å². The summed E-state index contributed by atoms with van der Waals surface area (Å²) < 4.78 is 25.6. The van der Waals surface area contributed by atoms with Crippen LogP contribution in [-0.2, 0) is 16.6 Å². The maximum Gasteiger partial charge on any atom is 0.211 e. The molecule has 7 heteroatoms. The molecule has 0 spiro atoms. The molecule has 6 nitrogen and oxygen atoms in total. The molecule has 92 valence electrons. The number of aromatic amines is 1. The third kappa shape index (κ3) is 5.24. The molecule has 0 saturated heterocycles. The van der Waals surface area contributed by atoms with Crippen LogP contribution in [0.5, 0.6) is 0 Å². The zero-order chi connectivity index (χ0) is 11.9. The summed E-state index contributed by atoms with van der Waals surface area (Å²) in [4.78, 5) is 0. The van der Waals surface area contributed by atoms with Gasteiger partial charge < -0.3 is 5.32 Å². The van der Waals surface area contributed by atoms with Crippen molar-refractivity contribution in [1.82, 2.24) is 20.2 Å². The van der Waals surface area contributed by atoms with Gasteiger partial charge in [-0.2, -0.15) is 5.10 Å². The van der Waals surface area contributed by atoms with E-state index in [9.17, 15) is 8.42 Å². The number of nitrogens with zero attached hydrogens (tertiary/aromatic N) is 1. The molecular weight excluding hydrogens is 228 g/mol. The number of unbranched alkanes of at least 4 members (excludes halogenated alkanes) is 1. The number of hydrogen-bond donors (Lipinski definition) is 3. The van der Waals surface area contributed by atoms with E-state index in [0.29, 0.717) is 13.0 Å². The van der Waals surface area contributed by atoms with Crippen molar-refractivity contribution in [3.05, 3.63) is 18.0 Å². The first-order chi connectivity index (χ1) is 7.64. The quantitative estimate of drug-likeness (QED) is 0.556. The number of sulfonamides is 1. The molecule has 0 aliphatic heterocycles. The zero-order valence-corrected chi connectivity index (χ0v) is 10.2. The van der Waals surface area contributed by atoms with Crippen LogP contribution in [0.2, 0.25) is 0 Å². The van der Waals surface area contributed by atoms with Crippen molar-refractivity contribution in [2.24, 2.45) is 0 Å². The molecule has 1 heterocycles. The van der Waals surface area contributed by atoms with Crippen molar-refractivity contribution in [3.63, 3.8) is 0 Å². The molecule has 0 unspecified atom stereocenters. The second kappa shape index (κ2) is 6.62. The van der Waals surface area contributed by atoms with E-state index < -0.39 is 10.0 Å². The van der Waals surface area contributed by atoms with Gasteiger partial charge in [0, 0.05) is 18.3 Å². The van der Waals surface area contributed by atoms with Gasteiger partial charge in [0.25, 0.3) is 0 Å². The van der Waals surface area contributed by atoms with Crippen LogP contribution in [0.3, 0.4) is 0 Å². The average Bonchev–Trinajstić information content (AvgIpc) is 2.75. The van der Waals surface area contributed by atoms with Gasteiger partial charge in [0.1, 0.15) is 0 Å². The highest BCUT2D eigenvalue weighted by Crippen LogP contribution is 1.97. The standard InChI is InChI=1S/C9H18N4O2S/c1-10-4-2-3-5-16(14,15)13-8-9-6-11-12-7-9/h6-7,10,13H,2-5,8H2,1H3,(H,11,12). The van der Waals surface area contributed by atoms with Crippen LogP contribution in [0.1, 0.15) is 18.4 Å². The Balaban J connectivity index is 2.23. The van der Waals surface area contributed by atoms with E-state index in [2.05, 4.69) is 20.2 Å². The van der Waals surface area contributed by atoms with Crippen molar-refractivity contribution in [2.75, 3.05) is 19.3 Å². The van der Waals surface area contributed by atoms with Gasteiger partial charge in [-0.1, -0.05) is 0 Å². The Bertz CT molecular complexity index is 374. The van der Waals surface area contributed by atoms with Crippen LogP contribution in [-0.4, -0.2) is 38.0 Å². The number of rotatable bonds is 8. The first-order valence-corrected chi connectivity index (χ1v) is 6.89. The molecule has 0 atom stereocenters. The monoisotopic (exact) mass is 246 g/mol. The van der Waals surface area contributed by atoms with Gasteiger partial charge in [0.15, 0.2) is 0 Å². The highest BCUT2D eigenvalue weighted by molar-refractivity contribution is 7.89. The molecule has 0 fully saturated rings. The van der Waals surface area contributed by atoms with Gasteiger partial charge in [0.2, 0.25) is 10.0 Å². The Labute approximate surface area is 95.9 Å². The fraction of sp³-hybridized carbons (Fsp3) is 0.667. The fourth-order valence-corrected chi connectivity index (χ4v) is 2.35. The maximum atomic E-state index is 11.5. The Morgan fingerprint density at radius 3 is 2.88 bits per heavy atom. The SMILES string of the molecule is CNCCCCS(=O)(=O)NCc1cn[nH]c1. The first-order valence-electron chi connectivity index (χ1n) is 5.23. The van der Waals surface area contributed by atoms with Crippen molar-refractivity contribution in [3.8, 4) is 0 Å². The van der Waals surface area contributed by atoms with Gasteiger partial charge in [-0.15, -0.1) is 0 Å². The fourth-order valence-electron chi connectivity index (χ4n) is 1.23. The molecule has 0 radical (unpaired) electrons. The molecule has 1 rings (SSSR count). The van der Waals surface area contributed by atoms with Gasteiger partial charge >= 0.3 is 0 Å². The summed E-state index contributed by atoms with van der Waals surface area (Å²) in [5, 5.41) is 9.35. The molecule has 0 aliphatic rings. The summed E-state index contributed by atoms with van der Waals surface area (Å²) in [5.41, 5.74) is 0.832. The molecule has 16 heavy (non-hydrogen) atoms. The summed E-state index contributed by atoms with van der Waals surface area (Å²) in [6.45, 7) is 1.14. The van der Waals surface area contributed by atoms with E-state index >= 15 is 0 Å². The normalized spacial score (nSPS) is 11.8. The zero-order valence-electron chi connectivity index (χ0n) is 9.36. The number of H-pyrrole nitrogens is 1. The Kier molecular flexibility index (Phi) is 5.44. The smallest absolute Gasteiger partial charge is 0.211 e. The minimum Gasteiger partial charge on any atom is -0.320 e. The second-order valence-electron chi connectivity index (χ2n) is 3.56. The predicted octanol–water partition coefficient (Wildman–Crippen LogP) is -0.171. The Morgan fingerprint density at radius 1 is 1.44 bits per heavy atom. The summed E-state index contributed by atoms with van der Waals surface area (Å²) in [5.74, 6) is 0.173. The van der Waals surface area contributed by atoms with E-state index in [4.69, 9.17) is 0 Å². The van der Waals surface area contributed by atoms with Crippen LogP contribution >= 0.6 is 0 Å². The van der Waals surface area contributed by atoms with E-state index in [1.807, 2.05) is 7.05 Å². The van der Waals surface area contributed by atoms with Crippen LogP contribution in [0.15, 0.2) is 12.4 Å².